The fourth-order valence-electron chi connectivity index (χ4n) is 3.79. The van der Waals surface area contributed by atoms with E-state index < -0.39 is 17.4 Å². The lowest BCUT2D eigenvalue weighted by atomic mass is 9.65. The summed E-state index contributed by atoms with van der Waals surface area (Å²) in [5, 5.41) is 12.1. The van der Waals surface area contributed by atoms with Crippen molar-refractivity contribution in [1.29, 1.82) is 5.26 Å². The molecule has 0 aliphatic heterocycles. The molecule has 0 radical (unpaired) electrons. The molecule has 0 unspecified atom stereocenters. The molecule has 0 amide bonds. The molecule has 2 heterocycles. The van der Waals surface area contributed by atoms with Crippen LogP contribution in [0.25, 0.3) is 11.1 Å². The zero-order chi connectivity index (χ0) is 20.4. The summed E-state index contributed by atoms with van der Waals surface area (Å²) in [6, 6.07) is 12.2. The van der Waals surface area contributed by atoms with Crippen molar-refractivity contribution in [2.24, 2.45) is 0 Å². The number of nitriles is 1. The average molecular weight is 391 g/mol. The second kappa shape index (κ2) is 7.55. The Kier molecular flexibility index (Phi) is 4.93. The Bertz CT molecular complexity index is 1070. The molecule has 146 valence electrons. The van der Waals surface area contributed by atoms with Crippen LogP contribution < -0.4 is 5.32 Å². The molecule has 1 N–H and O–H groups in total. The van der Waals surface area contributed by atoms with E-state index in [1.807, 2.05) is 19.1 Å². The van der Waals surface area contributed by atoms with Gasteiger partial charge in [0.25, 0.3) is 0 Å². The first kappa shape index (κ1) is 18.9. The number of aryl methyl sites for hydroxylation is 1. The first-order chi connectivity index (χ1) is 14.0. The molecule has 1 fully saturated rings. The number of benzene rings is 1. The number of hydrogen-bond donors (Lipinski definition) is 1. The fourth-order valence-corrected chi connectivity index (χ4v) is 3.79. The lowest BCUT2D eigenvalue weighted by Crippen LogP contribution is -2.49. The van der Waals surface area contributed by atoms with Crippen molar-refractivity contribution in [3.63, 3.8) is 0 Å². The van der Waals surface area contributed by atoms with Crippen LogP contribution >= 0.6 is 0 Å². The number of halogens is 2. The predicted molar refractivity (Wildman–Crippen MR) is 105 cm³/mol. The van der Waals surface area contributed by atoms with Crippen molar-refractivity contribution in [2.45, 2.75) is 31.4 Å². The molecule has 5 nitrogen and oxygen atoms in total. The highest BCUT2D eigenvalue weighted by Crippen LogP contribution is 2.45. The average Bonchev–Trinajstić information content (AvgIpc) is 2.71. The van der Waals surface area contributed by atoms with Crippen LogP contribution in [0.15, 0.2) is 48.8 Å². The molecule has 1 aliphatic carbocycles. The molecule has 1 aliphatic rings. The minimum Gasteiger partial charge on any atom is -0.353 e. The summed E-state index contributed by atoms with van der Waals surface area (Å²) in [7, 11) is 0. The Morgan fingerprint density at radius 3 is 2.59 bits per heavy atom. The van der Waals surface area contributed by atoms with Gasteiger partial charge < -0.3 is 5.32 Å². The van der Waals surface area contributed by atoms with Gasteiger partial charge in [-0.25, -0.2) is 18.7 Å². The molecule has 29 heavy (non-hydrogen) atoms. The Balaban J connectivity index is 1.53. The van der Waals surface area contributed by atoms with Gasteiger partial charge in [-0.3, -0.25) is 4.98 Å². The van der Waals surface area contributed by atoms with Gasteiger partial charge in [0.15, 0.2) is 0 Å². The van der Waals surface area contributed by atoms with Crippen LogP contribution in [0.1, 0.15) is 29.8 Å². The minimum absolute atomic E-state index is 0.218. The first-order valence-corrected chi connectivity index (χ1v) is 9.34. The molecule has 7 heteroatoms. The van der Waals surface area contributed by atoms with Crippen molar-refractivity contribution >= 4 is 5.95 Å². The van der Waals surface area contributed by atoms with Crippen LogP contribution in [0.2, 0.25) is 0 Å². The summed E-state index contributed by atoms with van der Waals surface area (Å²) in [5.41, 5.74) is 2.71. The predicted octanol–water partition coefficient (Wildman–Crippen LogP) is 4.34. The third kappa shape index (κ3) is 3.66. The standard InChI is InChI=1S/C22H19F2N5/c1-14-18(16-6-4-15(11-25)5-7-16)12-27-21(29-14)28-13-22(9-17(23)10-22)20-19(24)3-2-8-26-20/h2-8,12,17H,9-10,13H2,1H3,(H,27,28,29)/t17-,22-. The first-order valence-electron chi connectivity index (χ1n) is 9.34. The number of rotatable bonds is 5. The van der Waals surface area contributed by atoms with Gasteiger partial charge >= 0.3 is 0 Å². The van der Waals surface area contributed by atoms with E-state index in [-0.39, 0.29) is 18.5 Å². The maximum Gasteiger partial charge on any atom is 0.222 e. The highest BCUT2D eigenvalue weighted by Gasteiger charge is 2.48. The number of aromatic nitrogens is 3. The SMILES string of the molecule is Cc1nc(NC[C@]2(c3ncccc3F)C[C@H](F)C2)ncc1-c1ccc(C#N)cc1. The van der Waals surface area contributed by atoms with Gasteiger partial charge in [-0.1, -0.05) is 12.1 Å². The van der Waals surface area contributed by atoms with Gasteiger partial charge in [0.1, 0.15) is 12.0 Å². The third-order valence-corrected chi connectivity index (χ3v) is 5.37. The van der Waals surface area contributed by atoms with Crippen LogP contribution in [-0.4, -0.2) is 27.7 Å². The third-order valence-electron chi connectivity index (χ3n) is 5.37. The highest BCUT2D eigenvalue weighted by molar-refractivity contribution is 5.66. The summed E-state index contributed by atoms with van der Waals surface area (Å²) < 4.78 is 27.9. The van der Waals surface area contributed by atoms with Gasteiger partial charge in [0, 0.05) is 29.9 Å². The normalized spacial score (nSPS) is 20.6. The molecular formula is C22H19F2N5. The molecule has 2 aromatic heterocycles. The Morgan fingerprint density at radius 1 is 1.21 bits per heavy atom. The van der Waals surface area contributed by atoms with Crippen LogP contribution in [0.4, 0.5) is 14.7 Å². The number of nitrogens with zero attached hydrogens (tertiary/aromatic N) is 4. The zero-order valence-corrected chi connectivity index (χ0v) is 15.9. The van der Waals surface area contributed by atoms with Gasteiger partial charge in [0.05, 0.1) is 23.0 Å². The molecule has 0 saturated heterocycles. The molecule has 0 atom stereocenters. The molecule has 4 rings (SSSR count). The van der Waals surface area contributed by atoms with Crippen molar-refractivity contribution in [1.82, 2.24) is 15.0 Å². The van der Waals surface area contributed by atoms with Crippen LogP contribution in [0.5, 0.6) is 0 Å². The second-order valence-corrected chi connectivity index (χ2v) is 7.36. The quantitative estimate of drug-likeness (QED) is 0.700. The van der Waals surface area contributed by atoms with Crippen molar-refractivity contribution in [2.75, 3.05) is 11.9 Å². The summed E-state index contributed by atoms with van der Waals surface area (Å²) >= 11 is 0. The van der Waals surface area contributed by atoms with Crippen molar-refractivity contribution in [3.05, 3.63) is 71.6 Å². The minimum atomic E-state index is -0.959. The maximum absolute atomic E-state index is 14.3. The lowest BCUT2D eigenvalue weighted by Gasteiger charge is -2.43. The number of pyridine rings is 1. The van der Waals surface area contributed by atoms with E-state index >= 15 is 0 Å². The molecule has 3 aromatic rings. The monoisotopic (exact) mass is 391 g/mol. The van der Waals surface area contributed by atoms with Gasteiger partial charge in [-0.2, -0.15) is 5.26 Å². The van der Waals surface area contributed by atoms with Crippen LogP contribution in [0.3, 0.4) is 0 Å². The highest BCUT2D eigenvalue weighted by atomic mass is 19.1. The number of nitrogens with one attached hydrogen (secondary N) is 1. The number of hydrogen-bond acceptors (Lipinski definition) is 5. The summed E-state index contributed by atoms with van der Waals surface area (Å²) in [4.78, 5) is 13.0. The molecular weight excluding hydrogens is 372 g/mol. The van der Waals surface area contributed by atoms with Crippen LogP contribution in [0, 0.1) is 24.1 Å². The van der Waals surface area contributed by atoms with Crippen molar-refractivity contribution < 1.29 is 8.78 Å². The number of alkyl halides is 1. The summed E-state index contributed by atoms with van der Waals surface area (Å²) in [6.07, 6.45) is 2.71. The van der Waals surface area contributed by atoms with Gasteiger partial charge in [-0.05, 0) is 49.6 Å². The van der Waals surface area contributed by atoms with E-state index in [0.29, 0.717) is 18.1 Å². The van der Waals surface area contributed by atoms with Gasteiger partial charge in [-0.15, -0.1) is 0 Å². The smallest absolute Gasteiger partial charge is 0.222 e. The summed E-state index contributed by atoms with van der Waals surface area (Å²) in [6.45, 7) is 2.17. The van der Waals surface area contributed by atoms with Gasteiger partial charge in [0.2, 0.25) is 5.95 Å². The Labute approximate surface area is 167 Å². The van der Waals surface area contributed by atoms with E-state index in [1.54, 1.807) is 18.3 Å². The second-order valence-electron chi connectivity index (χ2n) is 7.36. The maximum atomic E-state index is 14.3. The van der Waals surface area contributed by atoms with E-state index in [4.69, 9.17) is 5.26 Å². The zero-order valence-electron chi connectivity index (χ0n) is 15.9. The Morgan fingerprint density at radius 2 is 1.97 bits per heavy atom. The molecule has 1 aromatic carbocycles. The largest absolute Gasteiger partial charge is 0.353 e. The van der Waals surface area contributed by atoms with E-state index in [2.05, 4.69) is 26.3 Å². The fraction of sp³-hybridized carbons (Fsp3) is 0.273. The van der Waals surface area contributed by atoms with E-state index in [1.165, 1.54) is 18.3 Å². The van der Waals surface area contributed by atoms with Crippen molar-refractivity contribution in [3.8, 4) is 17.2 Å². The topological polar surface area (TPSA) is 74.5 Å². The number of anilines is 1. The molecule has 0 bridgehead atoms. The lowest BCUT2D eigenvalue weighted by molar-refractivity contribution is 0.0963. The van der Waals surface area contributed by atoms with E-state index in [0.717, 1.165) is 16.8 Å². The molecule has 1 saturated carbocycles. The molecule has 0 spiro atoms. The van der Waals surface area contributed by atoms with E-state index in [9.17, 15) is 8.78 Å². The van der Waals surface area contributed by atoms with Crippen LogP contribution in [-0.2, 0) is 5.41 Å². The Hall–Kier alpha value is -3.40. The summed E-state index contributed by atoms with van der Waals surface area (Å²) in [5.74, 6) is -0.0209.